The van der Waals surface area contributed by atoms with Crippen molar-refractivity contribution in [2.45, 2.75) is 19.6 Å². The molecule has 0 fully saturated rings. The molecule has 0 unspecified atom stereocenters. The van der Waals surface area contributed by atoms with E-state index in [4.69, 9.17) is 5.21 Å². The van der Waals surface area contributed by atoms with Gasteiger partial charge in [-0.15, -0.1) is 11.3 Å². The summed E-state index contributed by atoms with van der Waals surface area (Å²) in [6.45, 7) is 0.293. The van der Waals surface area contributed by atoms with Crippen molar-refractivity contribution in [2.75, 3.05) is 12.4 Å². The number of nitrogens with one attached hydrogen (secondary N) is 2. The molecule has 0 spiro atoms. The van der Waals surface area contributed by atoms with Gasteiger partial charge < -0.3 is 10.4 Å². The van der Waals surface area contributed by atoms with Crippen molar-refractivity contribution in [1.29, 1.82) is 0 Å². The second kappa shape index (κ2) is 13.6. The Labute approximate surface area is 276 Å². The van der Waals surface area contributed by atoms with Crippen molar-refractivity contribution in [1.82, 2.24) is 19.5 Å². The number of carbonyl (C=O) groups is 1. The van der Waals surface area contributed by atoms with Crippen LogP contribution >= 0.6 is 11.3 Å². The second-order valence-electron chi connectivity index (χ2n) is 11.1. The molecule has 0 aliphatic rings. The zero-order chi connectivity index (χ0) is 33.9. The fourth-order valence-corrected chi connectivity index (χ4v) is 6.85. The number of urea groups is 1. The van der Waals surface area contributed by atoms with E-state index < -0.39 is 35.5 Å². The van der Waals surface area contributed by atoms with Gasteiger partial charge in [0, 0.05) is 29.2 Å². The maximum Gasteiger partial charge on any atom is 0.342 e. The summed E-state index contributed by atoms with van der Waals surface area (Å²) in [5.74, 6) is -1.75. The SMILES string of the molecule is CN(Cc1ccccc1)Cc1c(-c2ccc(NC(=O)NO)cc2)sc2c1c(=O)n(-c1ccc(O)cc1)c(=O)n2Cc1c(F)cccc1F. The highest BCUT2D eigenvalue weighted by Gasteiger charge is 2.26. The Kier molecular flexibility index (Phi) is 9.17. The van der Waals surface area contributed by atoms with Gasteiger partial charge in [0.2, 0.25) is 0 Å². The highest BCUT2D eigenvalue weighted by Crippen LogP contribution is 2.39. The van der Waals surface area contributed by atoms with Gasteiger partial charge in [0.15, 0.2) is 0 Å². The summed E-state index contributed by atoms with van der Waals surface area (Å²) >= 11 is 1.14. The summed E-state index contributed by atoms with van der Waals surface area (Å²) in [7, 11) is 1.89. The number of rotatable bonds is 9. The Morgan fingerprint density at radius 1 is 0.854 bits per heavy atom. The molecular formula is C35H29F2N5O5S. The first-order chi connectivity index (χ1) is 23.1. The standard InChI is InChI=1S/C35H29F2N5O5S/c1-40(18-21-6-3-2-4-7-21)19-27-30-32(44)42(24-14-16-25(43)17-15-24)35(46)41(20-26-28(36)8-5-9-29(26)37)33(30)48-31(27)22-10-12-23(13-11-22)38-34(45)39-47/h2-17,43,47H,18-20H2,1H3,(H2,38,39,45). The lowest BCUT2D eigenvalue weighted by Gasteiger charge is -2.18. The van der Waals surface area contributed by atoms with Crippen LogP contribution in [0.25, 0.3) is 26.3 Å². The van der Waals surface area contributed by atoms with E-state index >= 15 is 0 Å². The van der Waals surface area contributed by atoms with Crippen LogP contribution in [0.1, 0.15) is 16.7 Å². The molecule has 13 heteroatoms. The van der Waals surface area contributed by atoms with Gasteiger partial charge in [0.1, 0.15) is 22.2 Å². The van der Waals surface area contributed by atoms with Gasteiger partial charge in [-0.3, -0.25) is 19.5 Å². The first kappa shape index (κ1) is 32.3. The number of fused-ring (bicyclic) bond motifs is 1. The Morgan fingerprint density at radius 2 is 1.52 bits per heavy atom. The lowest BCUT2D eigenvalue weighted by atomic mass is 10.1. The summed E-state index contributed by atoms with van der Waals surface area (Å²) < 4.78 is 32.1. The maximum atomic E-state index is 15.0. The van der Waals surface area contributed by atoms with Crippen LogP contribution in [0.4, 0.5) is 19.3 Å². The molecule has 2 heterocycles. The van der Waals surface area contributed by atoms with Gasteiger partial charge in [-0.25, -0.2) is 28.4 Å². The normalized spacial score (nSPS) is 11.3. The molecule has 0 atom stereocenters. The third-order valence-electron chi connectivity index (χ3n) is 7.79. The molecular weight excluding hydrogens is 640 g/mol. The zero-order valence-electron chi connectivity index (χ0n) is 25.5. The first-order valence-electron chi connectivity index (χ1n) is 14.7. The van der Waals surface area contributed by atoms with E-state index in [1.54, 1.807) is 24.3 Å². The van der Waals surface area contributed by atoms with Crippen molar-refractivity contribution in [3.8, 4) is 21.9 Å². The van der Waals surface area contributed by atoms with E-state index in [1.807, 2.05) is 42.3 Å². The highest BCUT2D eigenvalue weighted by molar-refractivity contribution is 7.22. The van der Waals surface area contributed by atoms with Crippen LogP contribution in [-0.4, -0.2) is 37.4 Å². The van der Waals surface area contributed by atoms with Crippen molar-refractivity contribution in [2.24, 2.45) is 0 Å². The number of hydrogen-bond acceptors (Lipinski definition) is 7. The van der Waals surface area contributed by atoms with Crippen molar-refractivity contribution in [3.05, 3.63) is 146 Å². The molecule has 0 radical (unpaired) electrons. The fraction of sp³-hybridized carbons (Fsp3) is 0.114. The molecule has 6 aromatic rings. The number of benzene rings is 4. The fourth-order valence-electron chi connectivity index (χ4n) is 5.55. The number of carbonyl (C=O) groups excluding carboxylic acids is 1. The van der Waals surface area contributed by atoms with E-state index in [0.29, 0.717) is 28.2 Å². The van der Waals surface area contributed by atoms with Gasteiger partial charge in [-0.2, -0.15) is 0 Å². The minimum Gasteiger partial charge on any atom is -0.508 e. The quantitative estimate of drug-likeness (QED) is 0.110. The molecule has 4 N–H and O–H groups in total. The molecule has 48 heavy (non-hydrogen) atoms. The van der Waals surface area contributed by atoms with E-state index in [2.05, 4.69) is 5.32 Å². The average molecular weight is 670 g/mol. The predicted octanol–water partition coefficient (Wildman–Crippen LogP) is 6.06. The molecule has 2 amide bonds. The molecule has 0 aliphatic heterocycles. The van der Waals surface area contributed by atoms with Crippen LogP contribution in [0.3, 0.4) is 0 Å². The summed E-state index contributed by atoms with van der Waals surface area (Å²) in [5.41, 5.74) is 2.55. The molecule has 0 saturated carbocycles. The molecule has 10 nitrogen and oxygen atoms in total. The first-order valence-corrected chi connectivity index (χ1v) is 15.5. The molecule has 4 aromatic carbocycles. The number of amides is 2. The van der Waals surface area contributed by atoms with Crippen molar-refractivity contribution >= 4 is 33.3 Å². The van der Waals surface area contributed by atoms with Crippen LogP contribution in [0, 0.1) is 11.6 Å². The zero-order valence-corrected chi connectivity index (χ0v) is 26.3. The molecule has 244 valence electrons. The minimum absolute atomic E-state index is 0.0721. The number of anilines is 1. The number of halogens is 2. The predicted molar refractivity (Wildman–Crippen MR) is 180 cm³/mol. The van der Waals surface area contributed by atoms with Crippen LogP contribution in [0.5, 0.6) is 5.75 Å². The Hall–Kier alpha value is -5.63. The number of phenols is 1. The molecule has 0 bridgehead atoms. The molecule has 2 aromatic heterocycles. The number of thiophene rings is 1. The third kappa shape index (κ3) is 6.47. The van der Waals surface area contributed by atoms with Gasteiger partial charge in [-0.05, 0) is 72.3 Å². The number of nitrogens with zero attached hydrogens (tertiary/aromatic N) is 3. The van der Waals surface area contributed by atoms with Gasteiger partial charge in [-0.1, -0.05) is 48.5 Å². The van der Waals surface area contributed by atoms with Gasteiger partial charge in [0.25, 0.3) is 5.56 Å². The Morgan fingerprint density at radius 3 is 2.17 bits per heavy atom. The number of hydroxylamine groups is 1. The molecule has 6 rings (SSSR count). The topological polar surface area (TPSA) is 129 Å². The second-order valence-corrected chi connectivity index (χ2v) is 12.1. The summed E-state index contributed by atoms with van der Waals surface area (Å²) in [5, 5.41) is 21.5. The van der Waals surface area contributed by atoms with Crippen molar-refractivity contribution in [3.63, 3.8) is 0 Å². The number of hydrogen-bond donors (Lipinski definition) is 4. The van der Waals surface area contributed by atoms with Gasteiger partial charge >= 0.3 is 11.7 Å². The lowest BCUT2D eigenvalue weighted by molar-refractivity contribution is 0.172. The molecule has 0 saturated heterocycles. The van der Waals surface area contributed by atoms with Crippen molar-refractivity contribution < 1.29 is 23.9 Å². The van der Waals surface area contributed by atoms with Crippen LogP contribution in [-0.2, 0) is 19.6 Å². The number of aromatic nitrogens is 2. The van der Waals surface area contributed by atoms with E-state index in [-0.39, 0.29) is 33.8 Å². The lowest BCUT2D eigenvalue weighted by Crippen LogP contribution is -2.39. The number of aromatic hydroxyl groups is 1. The third-order valence-corrected chi connectivity index (χ3v) is 9.09. The van der Waals surface area contributed by atoms with E-state index in [9.17, 15) is 28.3 Å². The summed E-state index contributed by atoms with van der Waals surface area (Å²) in [6.07, 6.45) is 0. The smallest absolute Gasteiger partial charge is 0.342 e. The minimum atomic E-state index is -0.841. The largest absolute Gasteiger partial charge is 0.508 e. The summed E-state index contributed by atoms with van der Waals surface area (Å²) in [4.78, 5) is 43.1. The Bertz CT molecular complexity index is 2210. The molecule has 0 aliphatic carbocycles. The highest BCUT2D eigenvalue weighted by atomic mass is 32.1. The van der Waals surface area contributed by atoms with Crippen LogP contribution in [0.2, 0.25) is 0 Å². The summed E-state index contributed by atoms with van der Waals surface area (Å²) in [6, 6.07) is 24.5. The van der Waals surface area contributed by atoms with Gasteiger partial charge in [0.05, 0.1) is 17.6 Å². The van der Waals surface area contributed by atoms with Crippen LogP contribution < -0.4 is 22.0 Å². The number of phenolic OH excluding ortho intramolecular Hbond substituents is 1. The average Bonchev–Trinajstić information content (AvgIpc) is 3.44. The van der Waals surface area contributed by atoms with Crippen LogP contribution in [0.15, 0.2) is 107 Å². The van der Waals surface area contributed by atoms with E-state index in [1.165, 1.54) is 40.4 Å². The Balaban J connectivity index is 1.61. The maximum absolute atomic E-state index is 15.0. The monoisotopic (exact) mass is 669 g/mol. The van der Waals surface area contributed by atoms with E-state index in [0.717, 1.165) is 33.6 Å².